The monoisotopic (exact) mass is 201 g/mol. The number of nitrogens with zero attached hydrogens (tertiary/aromatic N) is 1. The van der Waals surface area contributed by atoms with Gasteiger partial charge in [-0.3, -0.25) is 0 Å². The van der Waals surface area contributed by atoms with Crippen molar-refractivity contribution in [2.75, 3.05) is 20.1 Å². The number of carbonyl (C=O) groups is 1. The number of nitrogens with one attached hydrogen (secondary N) is 2. The van der Waals surface area contributed by atoms with Crippen molar-refractivity contribution < 1.29 is 4.79 Å². The Morgan fingerprint density at radius 1 is 1.21 bits per heavy atom. The van der Waals surface area contributed by atoms with Gasteiger partial charge in [0, 0.05) is 32.2 Å². The molecule has 0 aliphatic heterocycles. The summed E-state index contributed by atoms with van der Waals surface area (Å²) >= 11 is 0. The zero-order valence-electron chi connectivity index (χ0n) is 9.92. The molecule has 0 aliphatic carbocycles. The van der Waals surface area contributed by atoms with E-state index in [0.717, 1.165) is 13.1 Å². The summed E-state index contributed by atoms with van der Waals surface area (Å²) in [5, 5.41) is 6.10. The van der Waals surface area contributed by atoms with Crippen LogP contribution in [0, 0.1) is 0 Å². The van der Waals surface area contributed by atoms with Gasteiger partial charge in [0.2, 0.25) is 0 Å². The normalized spacial score (nSPS) is 10.8. The van der Waals surface area contributed by atoms with E-state index in [1.165, 1.54) is 0 Å². The number of rotatable bonds is 5. The summed E-state index contributed by atoms with van der Waals surface area (Å²) in [5.74, 6) is 0. The van der Waals surface area contributed by atoms with Crippen LogP contribution >= 0.6 is 0 Å². The molecule has 2 N–H and O–H groups in total. The first-order chi connectivity index (χ1) is 6.43. The fourth-order valence-electron chi connectivity index (χ4n) is 0.980. The van der Waals surface area contributed by atoms with Crippen molar-refractivity contribution in [2.45, 2.75) is 39.8 Å². The molecule has 2 amide bonds. The maximum absolute atomic E-state index is 11.4. The van der Waals surface area contributed by atoms with E-state index >= 15 is 0 Å². The van der Waals surface area contributed by atoms with Crippen molar-refractivity contribution in [3.8, 4) is 0 Å². The van der Waals surface area contributed by atoms with Gasteiger partial charge in [-0.15, -0.1) is 0 Å². The molecule has 0 aromatic heterocycles. The van der Waals surface area contributed by atoms with Crippen LogP contribution < -0.4 is 10.6 Å². The molecule has 14 heavy (non-hydrogen) atoms. The molecule has 0 bridgehead atoms. The second kappa shape index (κ2) is 6.65. The highest BCUT2D eigenvalue weighted by molar-refractivity contribution is 5.74. The van der Waals surface area contributed by atoms with Crippen molar-refractivity contribution >= 4 is 6.03 Å². The van der Waals surface area contributed by atoms with Crippen LogP contribution in [0.2, 0.25) is 0 Å². The van der Waals surface area contributed by atoms with E-state index in [1.807, 2.05) is 13.8 Å². The molecule has 0 radical (unpaired) electrons. The summed E-state index contributed by atoms with van der Waals surface area (Å²) in [6.45, 7) is 9.66. The summed E-state index contributed by atoms with van der Waals surface area (Å²) in [6.07, 6.45) is 0. The Balaban J connectivity index is 3.62. The summed E-state index contributed by atoms with van der Waals surface area (Å²) < 4.78 is 0. The molecule has 0 rings (SSSR count). The Morgan fingerprint density at radius 3 is 2.21 bits per heavy atom. The number of urea groups is 1. The number of carbonyl (C=O) groups excluding carboxylic acids is 1. The molecule has 0 aromatic carbocycles. The van der Waals surface area contributed by atoms with Gasteiger partial charge in [0.1, 0.15) is 0 Å². The molecule has 4 heteroatoms. The van der Waals surface area contributed by atoms with E-state index in [9.17, 15) is 4.79 Å². The van der Waals surface area contributed by atoms with Crippen LogP contribution in [-0.4, -0.2) is 43.2 Å². The Kier molecular flexibility index (Phi) is 6.28. The minimum Gasteiger partial charge on any atom is -0.336 e. The Labute approximate surface area is 87.0 Å². The van der Waals surface area contributed by atoms with Crippen molar-refractivity contribution in [1.29, 1.82) is 0 Å². The molecule has 0 unspecified atom stereocenters. The number of hydrogen-bond acceptors (Lipinski definition) is 2. The number of likely N-dealkylation sites (N-methyl/N-ethyl adjacent to an activating group) is 1. The fourth-order valence-corrected chi connectivity index (χ4v) is 0.980. The third kappa shape index (κ3) is 6.71. The minimum atomic E-state index is -0.00874. The highest BCUT2D eigenvalue weighted by Crippen LogP contribution is 1.86. The maximum Gasteiger partial charge on any atom is 0.317 e. The zero-order chi connectivity index (χ0) is 11.1. The first-order valence-corrected chi connectivity index (χ1v) is 5.18. The summed E-state index contributed by atoms with van der Waals surface area (Å²) in [7, 11) is 1.81. The van der Waals surface area contributed by atoms with Crippen molar-refractivity contribution in [2.24, 2.45) is 0 Å². The largest absolute Gasteiger partial charge is 0.336 e. The summed E-state index contributed by atoms with van der Waals surface area (Å²) in [5.41, 5.74) is 0. The van der Waals surface area contributed by atoms with E-state index in [1.54, 1.807) is 11.9 Å². The molecule has 84 valence electrons. The lowest BCUT2D eigenvalue weighted by Gasteiger charge is -2.20. The Morgan fingerprint density at radius 2 is 1.79 bits per heavy atom. The van der Waals surface area contributed by atoms with Gasteiger partial charge in [-0.2, -0.15) is 0 Å². The van der Waals surface area contributed by atoms with Crippen LogP contribution in [0.3, 0.4) is 0 Å². The van der Waals surface area contributed by atoms with E-state index in [4.69, 9.17) is 0 Å². The standard InChI is InChI=1S/C10H23N3O/c1-8(2)11-6-7-13(5)10(14)12-9(3)4/h8-9,11H,6-7H2,1-5H3,(H,12,14). The summed E-state index contributed by atoms with van der Waals surface area (Å²) in [4.78, 5) is 13.1. The third-order valence-corrected chi connectivity index (χ3v) is 1.76. The highest BCUT2D eigenvalue weighted by atomic mass is 16.2. The van der Waals surface area contributed by atoms with Gasteiger partial charge < -0.3 is 15.5 Å². The van der Waals surface area contributed by atoms with Crippen LogP contribution in [0.25, 0.3) is 0 Å². The fraction of sp³-hybridized carbons (Fsp3) is 0.900. The Bertz CT molecular complexity index is 169. The van der Waals surface area contributed by atoms with E-state index in [-0.39, 0.29) is 12.1 Å². The van der Waals surface area contributed by atoms with Gasteiger partial charge in [0.05, 0.1) is 0 Å². The first kappa shape index (κ1) is 13.2. The predicted molar refractivity (Wildman–Crippen MR) is 59.4 cm³/mol. The van der Waals surface area contributed by atoms with E-state index < -0.39 is 0 Å². The van der Waals surface area contributed by atoms with Crippen LogP contribution in [-0.2, 0) is 0 Å². The Hall–Kier alpha value is -0.770. The third-order valence-electron chi connectivity index (χ3n) is 1.76. The van der Waals surface area contributed by atoms with Crippen LogP contribution in [0.15, 0.2) is 0 Å². The zero-order valence-corrected chi connectivity index (χ0v) is 9.92. The average molecular weight is 201 g/mol. The van der Waals surface area contributed by atoms with Crippen molar-refractivity contribution in [3.05, 3.63) is 0 Å². The SMILES string of the molecule is CC(C)NCCN(C)C(=O)NC(C)C. The lowest BCUT2D eigenvalue weighted by Crippen LogP contribution is -2.43. The molecule has 0 atom stereocenters. The van der Waals surface area contributed by atoms with Gasteiger partial charge in [0.25, 0.3) is 0 Å². The van der Waals surface area contributed by atoms with Crippen molar-refractivity contribution in [3.63, 3.8) is 0 Å². The molecular formula is C10H23N3O. The van der Waals surface area contributed by atoms with E-state index in [0.29, 0.717) is 6.04 Å². The van der Waals surface area contributed by atoms with Gasteiger partial charge in [0.15, 0.2) is 0 Å². The molecule has 0 saturated heterocycles. The first-order valence-electron chi connectivity index (χ1n) is 5.18. The van der Waals surface area contributed by atoms with Gasteiger partial charge in [-0.1, -0.05) is 13.8 Å². The molecule has 0 aliphatic rings. The van der Waals surface area contributed by atoms with Gasteiger partial charge in [-0.05, 0) is 13.8 Å². The molecule has 0 aromatic rings. The second-order valence-electron chi connectivity index (χ2n) is 4.13. The van der Waals surface area contributed by atoms with Crippen LogP contribution in [0.4, 0.5) is 4.79 Å². The predicted octanol–water partition coefficient (Wildman–Crippen LogP) is 1.03. The molecule has 0 heterocycles. The van der Waals surface area contributed by atoms with Gasteiger partial charge in [-0.25, -0.2) is 4.79 Å². The minimum absolute atomic E-state index is 0.00874. The van der Waals surface area contributed by atoms with Crippen LogP contribution in [0.5, 0.6) is 0 Å². The second-order valence-corrected chi connectivity index (χ2v) is 4.13. The molecule has 0 fully saturated rings. The number of amides is 2. The average Bonchev–Trinajstić information content (AvgIpc) is 2.01. The van der Waals surface area contributed by atoms with Crippen LogP contribution in [0.1, 0.15) is 27.7 Å². The topological polar surface area (TPSA) is 44.4 Å². The quantitative estimate of drug-likeness (QED) is 0.698. The molecule has 0 saturated carbocycles. The highest BCUT2D eigenvalue weighted by Gasteiger charge is 2.08. The number of hydrogen-bond donors (Lipinski definition) is 2. The lowest BCUT2D eigenvalue weighted by molar-refractivity contribution is 0.206. The lowest BCUT2D eigenvalue weighted by atomic mass is 10.4. The molecule has 4 nitrogen and oxygen atoms in total. The molecular weight excluding hydrogens is 178 g/mol. The van der Waals surface area contributed by atoms with E-state index in [2.05, 4.69) is 24.5 Å². The van der Waals surface area contributed by atoms with Crippen molar-refractivity contribution in [1.82, 2.24) is 15.5 Å². The summed E-state index contributed by atoms with van der Waals surface area (Å²) in [6, 6.07) is 0.658. The maximum atomic E-state index is 11.4. The smallest absolute Gasteiger partial charge is 0.317 e. The van der Waals surface area contributed by atoms with Gasteiger partial charge >= 0.3 is 6.03 Å². The molecule has 0 spiro atoms.